The third kappa shape index (κ3) is 6.91. The lowest BCUT2D eigenvalue weighted by Gasteiger charge is -2.29. The molecule has 3 rings (SSSR count). The molecule has 3 unspecified atom stereocenters. The summed E-state index contributed by atoms with van der Waals surface area (Å²) in [5.41, 5.74) is 3.18. The van der Waals surface area contributed by atoms with E-state index in [9.17, 15) is 9.59 Å². The van der Waals surface area contributed by atoms with Gasteiger partial charge in [-0.1, -0.05) is 37.3 Å². The number of nitrogens with zero attached hydrogens (tertiary/aromatic N) is 3. The number of hydroxylamine groups is 3. The highest BCUT2D eigenvalue weighted by atomic mass is 16.7. The number of hydrogen-bond donors (Lipinski definition) is 1. The molecular weight excluding hydrogens is 424 g/mol. The van der Waals surface area contributed by atoms with Gasteiger partial charge in [-0.3, -0.25) is 19.5 Å². The number of rotatable bonds is 9. The molecule has 0 spiro atoms. The van der Waals surface area contributed by atoms with E-state index in [2.05, 4.69) is 10.5 Å². The Kier molecular flexibility index (Phi) is 8.31. The number of carbonyl (C=O) groups is 2. The molecule has 1 aromatic rings. The Balaban J connectivity index is 1.48. The second kappa shape index (κ2) is 11.0. The largest absolute Gasteiger partial charge is 0.476 e. The predicted octanol–water partition coefficient (Wildman–Crippen LogP) is 3.45. The van der Waals surface area contributed by atoms with Crippen LogP contribution < -0.4 is 5.48 Å². The number of fused-ring (bicyclic) bond motifs is 2. The van der Waals surface area contributed by atoms with Crippen LogP contribution in [-0.2, 0) is 25.8 Å². The van der Waals surface area contributed by atoms with Gasteiger partial charge in [0.1, 0.15) is 18.2 Å². The van der Waals surface area contributed by atoms with Gasteiger partial charge in [0.25, 0.3) is 5.91 Å². The van der Waals surface area contributed by atoms with E-state index in [-0.39, 0.29) is 36.2 Å². The van der Waals surface area contributed by atoms with Gasteiger partial charge < -0.3 is 9.64 Å². The molecule has 182 valence electrons. The van der Waals surface area contributed by atoms with Crippen LogP contribution in [0.25, 0.3) is 0 Å². The molecule has 9 nitrogen and oxygen atoms in total. The van der Waals surface area contributed by atoms with E-state index in [1.165, 1.54) is 5.06 Å². The molecule has 3 amide bonds. The maximum Gasteiger partial charge on any atom is 0.345 e. The number of benzene rings is 1. The highest BCUT2D eigenvalue weighted by molar-refractivity contribution is 5.88. The Morgan fingerprint density at radius 3 is 2.64 bits per heavy atom. The average Bonchev–Trinajstić information content (AvgIpc) is 3.00. The first kappa shape index (κ1) is 25.0. The molecule has 2 saturated heterocycles. The zero-order valence-electron chi connectivity index (χ0n) is 20.2. The van der Waals surface area contributed by atoms with Gasteiger partial charge in [-0.15, -0.1) is 0 Å². The first-order valence-corrected chi connectivity index (χ1v) is 11.6. The van der Waals surface area contributed by atoms with Crippen LogP contribution in [0.15, 0.2) is 35.3 Å². The predicted molar refractivity (Wildman–Crippen MR) is 124 cm³/mol. The Morgan fingerprint density at radius 2 is 1.97 bits per heavy atom. The molecule has 0 radical (unpaired) electrons. The maximum atomic E-state index is 12.9. The normalized spacial score (nSPS) is 21.8. The fraction of sp³-hybridized carbons (Fsp3) is 0.625. The van der Waals surface area contributed by atoms with Crippen molar-refractivity contribution in [2.75, 3.05) is 13.2 Å². The molecule has 2 fully saturated rings. The van der Waals surface area contributed by atoms with Gasteiger partial charge in [0, 0.05) is 13.5 Å². The molecule has 1 N–H and O–H groups in total. The first-order valence-electron chi connectivity index (χ1n) is 11.6. The number of nitrogens with one attached hydrogen (secondary N) is 1. The highest BCUT2D eigenvalue weighted by Crippen LogP contribution is 2.30. The topological polar surface area (TPSA) is 92.7 Å². The summed E-state index contributed by atoms with van der Waals surface area (Å²) < 4.78 is 5.74. The summed E-state index contributed by atoms with van der Waals surface area (Å²) in [7, 11) is 0. The van der Waals surface area contributed by atoms with E-state index < -0.39 is 6.04 Å². The Labute approximate surface area is 196 Å². The van der Waals surface area contributed by atoms with Gasteiger partial charge in [-0.05, 0) is 45.6 Å². The molecule has 0 saturated carbocycles. The van der Waals surface area contributed by atoms with Crippen LogP contribution in [-0.4, -0.2) is 64.7 Å². The summed E-state index contributed by atoms with van der Waals surface area (Å²) >= 11 is 0. The average molecular weight is 461 g/mol. The van der Waals surface area contributed by atoms with Crippen molar-refractivity contribution in [2.24, 2.45) is 4.99 Å². The van der Waals surface area contributed by atoms with Gasteiger partial charge in [0.05, 0.1) is 18.7 Å². The van der Waals surface area contributed by atoms with E-state index in [1.54, 1.807) is 4.90 Å². The van der Waals surface area contributed by atoms with Gasteiger partial charge in [-0.25, -0.2) is 10.3 Å². The molecule has 9 heteroatoms. The minimum absolute atomic E-state index is 0.0456. The minimum atomic E-state index is -0.575. The highest BCUT2D eigenvalue weighted by Gasteiger charge is 2.48. The second-order valence-corrected chi connectivity index (χ2v) is 9.47. The monoisotopic (exact) mass is 460 g/mol. The maximum absolute atomic E-state index is 12.9. The van der Waals surface area contributed by atoms with Gasteiger partial charge >= 0.3 is 6.03 Å². The van der Waals surface area contributed by atoms with Crippen LogP contribution in [0.4, 0.5) is 4.79 Å². The summed E-state index contributed by atoms with van der Waals surface area (Å²) in [5.74, 6) is 0.258. The summed E-state index contributed by atoms with van der Waals surface area (Å²) in [4.78, 5) is 43.0. The van der Waals surface area contributed by atoms with E-state index in [0.717, 1.165) is 12.0 Å². The van der Waals surface area contributed by atoms with Crippen molar-refractivity contribution < 1.29 is 24.0 Å². The third-order valence-corrected chi connectivity index (χ3v) is 5.58. The van der Waals surface area contributed by atoms with Gasteiger partial charge in [-0.2, -0.15) is 5.06 Å². The Bertz CT molecular complexity index is 839. The number of hydrogen-bond acceptors (Lipinski definition) is 6. The number of urea groups is 1. The van der Waals surface area contributed by atoms with Crippen molar-refractivity contribution in [3.8, 4) is 0 Å². The van der Waals surface area contributed by atoms with Crippen molar-refractivity contribution in [1.82, 2.24) is 15.4 Å². The molecule has 0 aliphatic carbocycles. The van der Waals surface area contributed by atoms with E-state index in [0.29, 0.717) is 31.9 Å². The van der Waals surface area contributed by atoms with Crippen LogP contribution in [0.1, 0.15) is 59.4 Å². The quantitative estimate of drug-likeness (QED) is 0.346. The van der Waals surface area contributed by atoms with E-state index >= 15 is 0 Å². The zero-order chi connectivity index (χ0) is 24.0. The van der Waals surface area contributed by atoms with Crippen molar-refractivity contribution >= 4 is 17.8 Å². The van der Waals surface area contributed by atoms with Crippen LogP contribution in [0.3, 0.4) is 0 Å². The Morgan fingerprint density at radius 1 is 1.24 bits per heavy atom. The fourth-order valence-electron chi connectivity index (χ4n) is 4.04. The number of ether oxygens (including phenoxy) is 1. The molecule has 2 aliphatic heterocycles. The second-order valence-electron chi connectivity index (χ2n) is 9.47. The van der Waals surface area contributed by atoms with Crippen LogP contribution in [0.5, 0.6) is 0 Å². The van der Waals surface area contributed by atoms with Crippen molar-refractivity contribution in [1.29, 1.82) is 0 Å². The fourth-order valence-corrected chi connectivity index (χ4v) is 4.04. The molecule has 1 aromatic carbocycles. The lowest BCUT2D eigenvalue weighted by Crippen LogP contribution is -2.50. The van der Waals surface area contributed by atoms with Crippen LogP contribution >= 0.6 is 0 Å². The van der Waals surface area contributed by atoms with Crippen LogP contribution in [0.2, 0.25) is 0 Å². The van der Waals surface area contributed by atoms with Crippen molar-refractivity contribution in [3.63, 3.8) is 0 Å². The summed E-state index contributed by atoms with van der Waals surface area (Å²) in [5, 5.41) is 1.42. The minimum Gasteiger partial charge on any atom is -0.476 e. The number of amides is 3. The molecule has 33 heavy (non-hydrogen) atoms. The van der Waals surface area contributed by atoms with Crippen molar-refractivity contribution in [3.05, 3.63) is 35.9 Å². The smallest absolute Gasteiger partial charge is 0.345 e. The third-order valence-electron chi connectivity index (χ3n) is 5.58. The number of piperidine rings is 1. The van der Waals surface area contributed by atoms with Crippen molar-refractivity contribution in [2.45, 2.75) is 84.2 Å². The molecule has 3 atom stereocenters. The van der Waals surface area contributed by atoms with Gasteiger partial charge in [0.2, 0.25) is 0 Å². The number of carbonyl (C=O) groups excluding carboxylic acids is 2. The van der Waals surface area contributed by atoms with Gasteiger partial charge in [0.15, 0.2) is 5.90 Å². The van der Waals surface area contributed by atoms with E-state index in [1.807, 2.05) is 65.0 Å². The van der Waals surface area contributed by atoms with Crippen LogP contribution in [0, 0.1) is 0 Å². The lowest BCUT2D eigenvalue weighted by molar-refractivity contribution is -0.141. The molecule has 2 aliphatic rings. The molecular formula is C24H36N4O5. The zero-order valence-corrected chi connectivity index (χ0v) is 20.2. The summed E-state index contributed by atoms with van der Waals surface area (Å²) in [6.45, 7) is 10.7. The molecule has 2 bridgehead atoms. The first-order chi connectivity index (χ1) is 15.7. The summed E-state index contributed by atoms with van der Waals surface area (Å²) in [6, 6.07) is 8.66. The molecule has 2 heterocycles. The number of aliphatic imine (C=N–C) groups is 1. The van der Waals surface area contributed by atoms with E-state index in [4.69, 9.17) is 14.4 Å². The Hall–Kier alpha value is -2.65. The molecule has 0 aromatic heterocycles. The summed E-state index contributed by atoms with van der Waals surface area (Å²) in [6.07, 6.45) is 2.00. The standard InChI is InChI=1S/C24H36N4O5/c1-6-19(25-17(2)33-24(3,4)5)16-31-26-22(29)21-13-12-20-14-27(21)23(30)28(20)32-15-18-10-8-7-9-11-18/h7-11,19-21H,6,12-16H2,1-5H3,(H,26,29). The lowest BCUT2D eigenvalue weighted by atomic mass is 10.0. The SMILES string of the molecule is CCC(CONC(=O)C1CCC2CN1C(=O)N2OCc1ccccc1)N=C(C)OC(C)(C)C.